The van der Waals surface area contributed by atoms with Crippen molar-refractivity contribution in [3.63, 3.8) is 0 Å². The first kappa shape index (κ1) is 13.3. The molecule has 7 heteroatoms. The Hall–Kier alpha value is -1.73. The summed E-state index contributed by atoms with van der Waals surface area (Å²) in [5, 5.41) is 6.49. The van der Waals surface area contributed by atoms with E-state index in [1.807, 2.05) is 17.6 Å². The van der Waals surface area contributed by atoms with Crippen LogP contribution in [0.25, 0.3) is 0 Å². The summed E-state index contributed by atoms with van der Waals surface area (Å²) in [5.74, 6) is 8.30. The molecule has 0 saturated heterocycles. The fraction of sp³-hybridized carbons (Fsp3) is 0.462. The quantitative estimate of drug-likeness (QED) is 0.560. The molecule has 0 bridgehead atoms. The molecular formula is C13H18N6S. The van der Waals surface area contributed by atoms with Crippen LogP contribution in [0.4, 0.5) is 11.6 Å². The number of anilines is 2. The van der Waals surface area contributed by atoms with Gasteiger partial charge in [-0.25, -0.2) is 20.8 Å². The van der Waals surface area contributed by atoms with E-state index in [-0.39, 0.29) is 6.04 Å². The van der Waals surface area contributed by atoms with E-state index in [2.05, 4.69) is 32.6 Å². The van der Waals surface area contributed by atoms with E-state index in [0.29, 0.717) is 11.7 Å². The van der Waals surface area contributed by atoms with Crippen LogP contribution in [-0.2, 0) is 0 Å². The summed E-state index contributed by atoms with van der Waals surface area (Å²) in [5.41, 5.74) is 2.61. The van der Waals surface area contributed by atoms with E-state index in [1.54, 1.807) is 11.3 Å². The fourth-order valence-electron chi connectivity index (χ4n) is 2.06. The summed E-state index contributed by atoms with van der Waals surface area (Å²) in [7, 11) is 0. The minimum Gasteiger partial charge on any atom is -0.361 e. The molecule has 1 fully saturated rings. The topological polar surface area (TPSA) is 88.8 Å². The van der Waals surface area contributed by atoms with Crippen molar-refractivity contribution in [3.05, 3.63) is 28.5 Å². The van der Waals surface area contributed by atoms with Gasteiger partial charge in [0, 0.05) is 23.6 Å². The molecule has 1 saturated carbocycles. The van der Waals surface area contributed by atoms with E-state index in [0.717, 1.165) is 35.9 Å². The Morgan fingerprint density at radius 2 is 2.20 bits per heavy atom. The van der Waals surface area contributed by atoms with Gasteiger partial charge in [-0.3, -0.25) is 0 Å². The van der Waals surface area contributed by atoms with Gasteiger partial charge in [-0.2, -0.15) is 0 Å². The predicted molar refractivity (Wildman–Crippen MR) is 80.6 cm³/mol. The molecule has 4 N–H and O–H groups in total. The van der Waals surface area contributed by atoms with Crippen molar-refractivity contribution in [3.8, 4) is 0 Å². The van der Waals surface area contributed by atoms with Crippen LogP contribution in [0.15, 0.2) is 17.6 Å². The van der Waals surface area contributed by atoms with Gasteiger partial charge in [0.05, 0.1) is 6.04 Å². The maximum atomic E-state index is 5.49. The summed E-state index contributed by atoms with van der Waals surface area (Å²) in [6.45, 7) is 2.13. The first-order valence-corrected chi connectivity index (χ1v) is 7.69. The SMILES string of the molecule is CCC(Nc1cc(NN)nc(C2CC2)n1)c1nccs1. The average molecular weight is 290 g/mol. The fourth-order valence-corrected chi connectivity index (χ4v) is 2.83. The zero-order chi connectivity index (χ0) is 13.9. The number of nitrogens with zero attached hydrogens (tertiary/aromatic N) is 3. The number of hydrogen-bond donors (Lipinski definition) is 3. The number of nitrogens with two attached hydrogens (primary N) is 1. The van der Waals surface area contributed by atoms with Crippen LogP contribution in [0.2, 0.25) is 0 Å². The van der Waals surface area contributed by atoms with Gasteiger partial charge < -0.3 is 10.7 Å². The molecule has 0 spiro atoms. The van der Waals surface area contributed by atoms with Crippen LogP contribution in [0.5, 0.6) is 0 Å². The molecule has 0 amide bonds. The van der Waals surface area contributed by atoms with Crippen LogP contribution in [0.1, 0.15) is 49.0 Å². The Kier molecular flexibility index (Phi) is 3.79. The molecule has 6 nitrogen and oxygen atoms in total. The van der Waals surface area contributed by atoms with Crippen molar-refractivity contribution < 1.29 is 0 Å². The molecule has 106 valence electrons. The highest BCUT2D eigenvalue weighted by atomic mass is 32.1. The summed E-state index contributed by atoms with van der Waals surface area (Å²) in [6, 6.07) is 2.00. The molecule has 0 radical (unpaired) electrons. The average Bonchev–Trinajstić information content (AvgIpc) is 3.20. The monoisotopic (exact) mass is 290 g/mol. The highest BCUT2D eigenvalue weighted by Crippen LogP contribution is 2.39. The zero-order valence-electron chi connectivity index (χ0n) is 11.3. The maximum Gasteiger partial charge on any atom is 0.145 e. The molecule has 1 unspecified atom stereocenters. The van der Waals surface area contributed by atoms with Crippen LogP contribution in [-0.4, -0.2) is 15.0 Å². The highest BCUT2D eigenvalue weighted by molar-refractivity contribution is 7.09. The normalized spacial score (nSPS) is 15.9. The molecular weight excluding hydrogens is 272 g/mol. The first-order valence-electron chi connectivity index (χ1n) is 6.81. The molecule has 0 aromatic carbocycles. The lowest BCUT2D eigenvalue weighted by molar-refractivity contribution is 0.734. The van der Waals surface area contributed by atoms with E-state index in [4.69, 9.17) is 5.84 Å². The lowest BCUT2D eigenvalue weighted by atomic mass is 10.2. The van der Waals surface area contributed by atoms with E-state index in [1.165, 1.54) is 0 Å². The first-order chi connectivity index (χ1) is 9.80. The molecule has 2 aromatic heterocycles. The number of rotatable bonds is 6. The second-order valence-corrected chi connectivity index (χ2v) is 5.82. The summed E-state index contributed by atoms with van der Waals surface area (Å²) < 4.78 is 0. The molecule has 1 atom stereocenters. The standard InChI is InChI=1S/C13H18N6S/c1-2-9(13-15-5-6-20-13)16-10-7-11(19-14)18-12(17-10)8-3-4-8/h5-9H,2-4,14H2,1H3,(H2,16,17,18,19). The zero-order valence-corrected chi connectivity index (χ0v) is 12.2. The van der Waals surface area contributed by atoms with Gasteiger partial charge in [0.1, 0.15) is 22.5 Å². The Bertz CT molecular complexity index is 566. The van der Waals surface area contributed by atoms with Crippen LogP contribution in [0, 0.1) is 0 Å². The van der Waals surface area contributed by atoms with Gasteiger partial charge in [-0.15, -0.1) is 11.3 Å². The summed E-state index contributed by atoms with van der Waals surface area (Å²) >= 11 is 1.65. The minimum atomic E-state index is 0.169. The van der Waals surface area contributed by atoms with Gasteiger partial charge in [0.25, 0.3) is 0 Å². The lowest BCUT2D eigenvalue weighted by Crippen LogP contribution is -2.14. The van der Waals surface area contributed by atoms with Crippen molar-refractivity contribution >= 4 is 23.0 Å². The largest absolute Gasteiger partial charge is 0.361 e. The third kappa shape index (κ3) is 2.88. The van der Waals surface area contributed by atoms with Gasteiger partial charge >= 0.3 is 0 Å². The Labute approximate surface area is 121 Å². The maximum absolute atomic E-state index is 5.49. The number of aromatic nitrogens is 3. The van der Waals surface area contributed by atoms with Crippen molar-refractivity contribution in [2.45, 2.75) is 38.1 Å². The lowest BCUT2D eigenvalue weighted by Gasteiger charge is -2.16. The minimum absolute atomic E-state index is 0.169. The van der Waals surface area contributed by atoms with Gasteiger partial charge in [-0.1, -0.05) is 6.92 Å². The van der Waals surface area contributed by atoms with Gasteiger partial charge in [-0.05, 0) is 19.3 Å². The Balaban J connectivity index is 1.83. The van der Waals surface area contributed by atoms with Crippen molar-refractivity contribution in [1.29, 1.82) is 0 Å². The third-order valence-electron chi connectivity index (χ3n) is 3.31. The second-order valence-electron chi connectivity index (χ2n) is 4.89. The Morgan fingerprint density at radius 1 is 1.40 bits per heavy atom. The van der Waals surface area contributed by atoms with E-state index >= 15 is 0 Å². The molecule has 1 aliphatic rings. The van der Waals surface area contributed by atoms with Crippen LogP contribution >= 0.6 is 11.3 Å². The van der Waals surface area contributed by atoms with Crippen molar-refractivity contribution in [2.75, 3.05) is 10.7 Å². The number of nitrogens with one attached hydrogen (secondary N) is 2. The summed E-state index contributed by atoms with van der Waals surface area (Å²) in [4.78, 5) is 13.4. The Morgan fingerprint density at radius 3 is 2.80 bits per heavy atom. The summed E-state index contributed by atoms with van der Waals surface area (Å²) in [6.07, 6.45) is 5.10. The van der Waals surface area contributed by atoms with E-state index in [9.17, 15) is 0 Å². The molecule has 20 heavy (non-hydrogen) atoms. The van der Waals surface area contributed by atoms with Gasteiger partial charge in [0.2, 0.25) is 0 Å². The van der Waals surface area contributed by atoms with Crippen molar-refractivity contribution in [1.82, 2.24) is 15.0 Å². The molecule has 0 aliphatic heterocycles. The van der Waals surface area contributed by atoms with Crippen LogP contribution in [0.3, 0.4) is 0 Å². The second kappa shape index (κ2) is 5.72. The molecule has 3 rings (SSSR count). The van der Waals surface area contributed by atoms with Crippen molar-refractivity contribution in [2.24, 2.45) is 5.84 Å². The number of hydrazine groups is 1. The highest BCUT2D eigenvalue weighted by Gasteiger charge is 2.27. The number of thiazole rings is 1. The smallest absolute Gasteiger partial charge is 0.145 e. The predicted octanol–water partition coefficient (Wildman–Crippen LogP) is 2.66. The molecule has 2 heterocycles. The molecule has 1 aliphatic carbocycles. The number of nitrogen functional groups attached to an aromatic ring is 1. The van der Waals surface area contributed by atoms with Crippen LogP contribution < -0.4 is 16.6 Å². The molecule has 2 aromatic rings. The number of hydrogen-bond acceptors (Lipinski definition) is 7. The third-order valence-corrected chi connectivity index (χ3v) is 4.20. The van der Waals surface area contributed by atoms with E-state index < -0.39 is 0 Å². The van der Waals surface area contributed by atoms with Gasteiger partial charge in [0.15, 0.2) is 0 Å².